The number of nitrogens with one attached hydrogen (secondary N) is 1. The summed E-state index contributed by atoms with van der Waals surface area (Å²) in [6, 6.07) is 0. The summed E-state index contributed by atoms with van der Waals surface area (Å²) in [4.78, 5) is 10.5. The van der Waals surface area contributed by atoms with Crippen LogP contribution in [0.15, 0.2) is 23.6 Å². The van der Waals surface area contributed by atoms with Crippen LogP contribution < -0.4 is 4.72 Å². The van der Waals surface area contributed by atoms with Crippen LogP contribution in [0, 0.1) is 0 Å². The lowest BCUT2D eigenvalue weighted by Crippen LogP contribution is -2.25. The van der Waals surface area contributed by atoms with Crippen LogP contribution in [0.2, 0.25) is 0 Å². The highest BCUT2D eigenvalue weighted by Gasteiger charge is 2.08. The van der Waals surface area contributed by atoms with Crippen molar-refractivity contribution in [2.75, 3.05) is 0 Å². The molecule has 0 atom stereocenters. The summed E-state index contributed by atoms with van der Waals surface area (Å²) >= 11 is 0. The molecule has 0 radical (unpaired) electrons. The van der Waals surface area contributed by atoms with Gasteiger partial charge < -0.3 is 0 Å². The molecular formula is C5H5NO3S. The van der Waals surface area contributed by atoms with Crippen LogP contribution in [0.1, 0.15) is 0 Å². The molecule has 1 aliphatic heterocycles. The average molecular weight is 159 g/mol. The van der Waals surface area contributed by atoms with E-state index in [0.717, 1.165) is 11.5 Å². The van der Waals surface area contributed by atoms with Crippen molar-refractivity contribution in [3.05, 3.63) is 23.6 Å². The lowest BCUT2D eigenvalue weighted by molar-refractivity contribution is -0.114. The van der Waals surface area contributed by atoms with Gasteiger partial charge in [0.15, 0.2) is 0 Å². The maximum absolute atomic E-state index is 10.6. The van der Waals surface area contributed by atoms with Gasteiger partial charge in [0.25, 0.3) is 15.9 Å². The van der Waals surface area contributed by atoms with Crippen molar-refractivity contribution in [1.82, 2.24) is 4.72 Å². The van der Waals surface area contributed by atoms with Gasteiger partial charge in [-0.05, 0) is 6.08 Å². The Kier molecular flexibility index (Phi) is 1.58. The Morgan fingerprint density at radius 1 is 1.30 bits per heavy atom. The second kappa shape index (κ2) is 2.26. The third kappa shape index (κ3) is 1.70. The van der Waals surface area contributed by atoms with Gasteiger partial charge in [-0.1, -0.05) is 6.08 Å². The first kappa shape index (κ1) is 7.01. The average Bonchev–Trinajstić information content (AvgIpc) is 1.90. The summed E-state index contributed by atoms with van der Waals surface area (Å²) in [6.45, 7) is 0. The minimum Gasteiger partial charge on any atom is -0.269 e. The number of carbonyl (C=O) groups is 1. The van der Waals surface area contributed by atoms with Crippen LogP contribution in [0.25, 0.3) is 0 Å². The standard InChI is InChI=1S/C5H5NO3S/c7-5-3-1-2-4-10(8,9)6-5/h1-4H,(H,6,7). The minimum absolute atomic E-state index is 0.620. The molecule has 0 saturated carbocycles. The molecule has 0 fully saturated rings. The summed E-state index contributed by atoms with van der Waals surface area (Å²) in [6.07, 6.45) is 3.79. The van der Waals surface area contributed by atoms with Gasteiger partial charge in [0.05, 0.1) is 5.41 Å². The highest BCUT2D eigenvalue weighted by molar-refractivity contribution is 7.93. The van der Waals surface area contributed by atoms with Crippen LogP contribution in [0.4, 0.5) is 0 Å². The fraction of sp³-hybridized carbons (Fsp3) is 0. The topological polar surface area (TPSA) is 63.2 Å². The molecule has 4 nitrogen and oxygen atoms in total. The Bertz CT molecular complexity index is 299. The molecule has 0 aliphatic carbocycles. The molecule has 1 N–H and O–H groups in total. The van der Waals surface area contributed by atoms with Crippen molar-refractivity contribution in [2.45, 2.75) is 0 Å². The maximum atomic E-state index is 10.6. The van der Waals surface area contributed by atoms with E-state index in [1.807, 2.05) is 0 Å². The van der Waals surface area contributed by atoms with Gasteiger partial charge in [-0.2, -0.15) is 0 Å². The van der Waals surface area contributed by atoms with Gasteiger partial charge in [0, 0.05) is 6.08 Å². The van der Waals surface area contributed by atoms with E-state index in [0.29, 0.717) is 0 Å². The van der Waals surface area contributed by atoms with Crippen molar-refractivity contribution in [3.63, 3.8) is 0 Å². The maximum Gasteiger partial charge on any atom is 0.257 e. The third-order valence-electron chi connectivity index (χ3n) is 0.859. The zero-order valence-electron chi connectivity index (χ0n) is 4.94. The summed E-state index contributed by atoms with van der Waals surface area (Å²) in [5, 5.41) is 0.925. The normalized spacial score (nSPS) is 21.8. The van der Waals surface area contributed by atoms with E-state index in [1.165, 1.54) is 12.2 Å². The molecule has 5 heteroatoms. The lowest BCUT2D eigenvalue weighted by atomic mass is 10.5. The zero-order valence-corrected chi connectivity index (χ0v) is 5.76. The Hall–Kier alpha value is -1.10. The Balaban J connectivity index is 3.01. The number of amides is 1. The molecule has 10 heavy (non-hydrogen) atoms. The monoisotopic (exact) mass is 159 g/mol. The predicted molar refractivity (Wildman–Crippen MR) is 35.3 cm³/mol. The predicted octanol–water partition coefficient (Wildman–Crippen LogP) is -0.484. The summed E-state index contributed by atoms with van der Waals surface area (Å²) < 4.78 is 23.0. The van der Waals surface area contributed by atoms with Gasteiger partial charge in [-0.25, -0.2) is 13.1 Å². The molecule has 0 aromatic heterocycles. The van der Waals surface area contributed by atoms with Gasteiger partial charge in [-0.3, -0.25) is 4.79 Å². The van der Waals surface area contributed by atoms with E-state index in [1.54, 1.807) is 4.72 Å². The van der Waals surface area contributed by atoms with E-state index < -0.39 is 15.9 Å². The Morgan fingerprint density at radius 2 is 2.00 bits per heavy atom. The molecule has 0 aromatic carbocycles. The molecule has 0 saturated heterocycles. The smallest absolute Gasteiger partial charge is 0.257 e. The number of rotatable bonds is 0. The molecule has 0 unspecified atom stereocenters. The molecule has 54 valence electrons. The van der Waals surface area contributed by atoms with Crippen LogP contribution in [-0.4, -0.2) is 14.3 Å². The summed E-state index contributed by atoms with van der Waals surface area (Å²) in [7, 11) is -3.51. The molecule has 1 heterocycles. The second-order valence-electron chi connectivity index (χ2n) is 1.70. The highest BCUT2D eigenvalue weighted by Crippen LogP contribution is 1.92. The fourth-order valence-corrected chi connectivity index (χ4v) is 1.21. The quantitative estimate of drug-likeness (QED) is 0.519. The van der Waals surface area contributed by atoms with Gasteiger partial charge in [-0.15, -0.1) is 0 Å². The lowest BCUT2D eigenvalue weighted by Gasteiger charge is -1.94. The summed E-state index contributed by atoms with van der Waals surface area (Å²) in [5.74, 6) is -0.620. The molecule has 0 aromatic rings. The van der Waals surface area contributed by atoms with Crippen molar-refractivity contribution < 1.29 is 13.2 Å². The number of carbonyl (C=O) groups excluding carboxylic acids is 1. The van der Waals surface area contributed by atoms with Crippen molar-refractivity contribution in [1.29, 1.82) is 0 Å². The molecule has 0 spiro atoms. The van der Waals surface area contributed by atoms with Gasteiger partial charge in [0.1, 0.15) is 0 Å². The van der Waals surface area contributed by atoms with Crippen LogP contribution >= 0.6 is 0 Å². The second-order valence-corrected chi connectivity index (χ2v) is 3.27. The third-order valence-corrected chi connectivity index (χ3v) is 1.86. The number of allylic oxidation sites excluding steroid dienone is 2. The van der Waals surface area contributed by atoms with E-state index in [2.05, 4.69) is 0 Å². The van der Waals surface area contributed by atoms with E-state index in [9.17, 15) is 13.2 Å². The van der Waals surface area contributed by atoms with E-state index >= 15 is 0 Å². The molecule has 0 bridgehead atoms. The van der Waals surface area contributed by atoms with Gasteiger partial charge in [0.2, 0.25) is 0 Å². The van der Waals surface area contributed by atoms with Crippen molar-refractivity contribution >= 4 is 15.9 Å². The number of hydrogen-bond donors (Lipinski definition) is 1. The van der Waals surface area contributed by atoms with Crippen LogP contribution in [-0.2, 0) is 14.8 Å². The zero-order chi connectivity index (χ0) is 7.61. The van der Waals surface area contributed by atoms with Crippen LogP contribution in [0.5, 0.6) is 0 Å². The largest absolute Gasteiger partial charge is 0.269 e. The summed E-state index contributed by atoms with van der Waals surface area (Å²) in [5.41, 5.74) is 0. The SMILES string of the molecule is O=C1C=CC=CS(=O)(=O)N1. The minimum atomic E-state index is -3.51. The first-order valence-corrected chi connectivity index (χ1v) is 4.06. The number of hydrogen-bond acceptors (Lipinski definition) is 3. The van der Waals surface area contributed by atoms with Crippen molar-refractivity contribution in [2.24, 2.45) is 0 Å². The molecule has 1 amide bonds. The highest BCUT2D eigenvalue weighted by atomic mass is 32.2. The van der Waals surface area contributed by atoms with Gasteiger partial charge >= 0.3 is 0 Å². The first-order chi connectivity index (χ1) is 4.60. The van der Waals surface area contributed by atoms with Crippen LogP contribution in [0.3, 0.4) is 0 Å². The molecule has 1 aliphatic rings. The van der Waals surface area contributed by atoms with E-state index in [-0.39, 0.29) is 0 Å². The molecule has 1 rings (SSSR count). The Labute approximate surface area is 58.3 Å². The van der Waals surface area contributed by atoms with Crippen molar-refractivity contribution in [3.8, 4) is 0 Å². The molecular weight excluding hydrogens is 154 g/mol. The first-order valence-electron chi connectivity index (χ1n) is 2.52. The van der Waals surface area contributed by atoms with E-state index in [4.69, 9.17) is 0 Å². The Morgan fingerprint density at radius 3 is 2.70 bits per heavy atom. The fourth-order valence-electron chi connectivity index (χ4n) is 0.500. The number of sulfonamides is 1.